The average molecular weight is 419 g/mol. The fourth-order valence-electron chi connectivity index (χ4n) is 3.79. The minimum absolute atomic E-state index is 0.126. The molecular formula is C20H19F2N3O5. The van der Waals surface area contributed by atoms with Crippen molar-refractivity contribution in [2.45, 2.75) is 38.7 Å². The predicted molar refractivity (Wildman–Crippen MR) is 99.9 cm³/mol. The van der Waals surface area contributed by atoms with Crippen LogP contribution in [-0.2, 0) is 17.8 Å². The molecule has 10 heteroatoms. The van der Waals surface area contributed by atoms with Gasteiger partial charge in [0, 0.05) is 24.3 Å². The van der Waals surface area contributed by atoms with Gasteiger partial charge in [0.1, 0.15) is 17.2 Å². The maximum Gasteiger partial charge on any atom is 0.276 e. The number of nitrogens with zero attached hydrogens (tertiary/aromatic N) is 2. The van der Waals surface area contributed by atoms with Gasteiger partial charge in [0.25, 0.3) is 11.8 Å². The Hall–Kier alpha value is -3.27. The number of ether oxygens (including phenoxy) is 1. The molecule has 1 fully saturated rings. The molecule has 0 radical (unpaired) electrons. The van der Waals surface area contributed by atoms with Crippen LogP contribution in [0.2, 0.25) is 0 Å². The largest absolute Gasteiger partial charge is 0.503 e. The summed E-state index contributed by atoms with van der Waals surface area (Å²) >= 11 is 0. The Labute approximate surface area is 169 Å². The minimum Gasteiger partial charge on any atom is -0.503 e. The monoisotopic (exact) mass is 419 g/mol. The first-order chi connectivity index (χ1) is 14.3. The van der Waals surface area contributed by atoms with Crippen molar-refractivity contribution >= 4 is 11.8 Å². The number of nitrogens with one attached hydrogen (secondary N) is 1. The van der Waals surface area contributed by atoms with E-state index in [1.165, 1.54) is 15.5 Å². The molecule has 2 aliphatic rings. The summed E-state index contributed by atoms with van der Waals surface area (Å²) in [7, 11) is 0. The van der Waals surface area contributed by atoms with Crippen LogP contribution < -0.4 is 10.7 Å². The zero-order chi connectivity index (χ0) is 21.6. The van der Waals surface area contributed by atoms with Crippen LogP contribution in [0.1, 0.15) is 39.8 Å². The third-order valence-corrected chi connectivity index (χ3v) is 5.41. The van der Waals surface area contributed by atoms with E-state index in [1.807, 2.05) is 6.92 Å². The lowest BCUT2D eigenvalue weighted by Crippen LogP contribution is -2.57. The van der Waals surface area contributed by atoms with Crippen molar-refractivity contribution in [1.82, 2.24) is 14.8 Å². The molecule has 158 valence electrons. The Bertz CT molecular complexity index is 1080. The Kier molecular flexibility index (Phi) is 5.02. The van der Waals surface area contributed by atoms with Crippen LogP contribution >= 0.6 is 0 Å². The highest BCUT2D eigenvalue weighted by Crippen LogP contribution is 2.29. The fraction of sp³-hybridized carbons (Fsp3) is 0.350. The summed E-state index contributed by atoms with van der Waals surface area (Å²) in [5, 5.41) is 12.6. The molecule has 3 heterocycles. The van der Waals surface area contributed by atoms with Crippen molar-refractivity contribution in [2.24, 2.45) is 0 Å². The molecule has 4 rings (SSSR count). The number of hydrogen-bond donors (Lipinski definition) is 2. The molecule has 2 amide bonds. The van der Waals surface area contributed by atoms with Gasteiger partial charge in [-0.25, -0.2) is 8.78 Å². The SMILES string of the molecule is CC1CCOC2Cn3cc(C(=O)NCc4c(F)cccc4F)c(=O)c(O)c3C(=O)N12. The highest BCUT2D eigenvalue weighted by molar-refractivity contribution is 5.99. The van der Waals surface area contributed by atoms with Gasteiger partial charge in [0.05, 0.1) is 13.2 Å². The van der Waals surface area contributed by atoms with Crippen LogP contribution in [0.15, 0.2) is 29.2 Å². The maximum absolute atomic E-state index is 13.8. The van der Waals surface area contributed by atoms with Crippen LogP contribution in [0.3, 0.4) is 0 Å². The van der Waals surface area contributed by atoms with Crippen LogP contribution in [0.25, 0.3) is 0 Å². The Morgan fingerprint density at radius 1 is 1.30 bits per heavy atom. The molecule has 1 saturated heterocycles. The number of amides is 2. The van der Waals surface area contributed by atoms with Crippen LogP contribution in [-0.4, -0.2) is 45.3 Å². The number of hydrogen-bond acceptors (Lipinski definition) is 5. The molecule has 30 heavy (non-hydrogen) atoms. The summed E-state index contributed by atoms with van der Waals surface area (Å²) in [6, 6.07) is 3.16. The number of fused-ring (bicyclic) bond motifs is 2. The molecule has 2 N–H and O–H groups in total. The molecule has 2 unspecified atom stereocenters. The Morgan fingerprint density at radius 2 is 2.00 bits per heavy atom. The molecule has 1 aromatic carbocycles. The topological polar surface area (TPSA) is 101 Å². The maximum atomic E-state index is 13.8. The van der Waals surface area contributed by atoms with E-state index in [-0.39, 0.29) is 23.8 Å². The Morgan fingerprint density at radius 3 is 2.70 bits per heavy atom. The quantitative estimate of drug-likeness (QED) is 0.782. The van der Waals surface area contributed by atoms with Gasteiger partial charge in [-0.05, 0) is 25.5 Å². The molecule has 0 saturated carbocycles. The van der Waals surface area contributed by atoms with Crippen LogP contribution in [0.4, 0.5) is 8.78 Å². The summed E-state index contributed by atoms with van der Waals surface area (Å²) in [4.78, 5) is 39.4. The second-order valence-corrected chi connectivity index (χ2v) is 7.28. The smallest absolute Gasteiger partial charge is 0.276 e. The Balaban J connectivity index is 1.65. The van der Waals surface area contributed by atoms with E-state index in [0.29, 0.717) is 13.0 Å². The molecule has 8 nitrogen and oxygen atoms in total. The van der Waals surface area contributed by atoms with E-state index in [2.05, 4.69) is 5.32 Å². The van der Waals surface area contributed by atoms with Crippen molar-refractivity contribution in [3.8, 4) is 5.75 Å². The summed E-state index contributed by atoms with van der Waals surface area (Å²) < 4.78 is 34.4. The lowest BCUT2D eigenvalue weighted by molar-refractivity contribution is -0.112. The first-order valence-electron chi connectivity index (χ1n) is 9.41. The van der Waals surface area contributed by atoms with Gasteiger partial charge < -0.3 is 24.6 Å². The molecule has 0 bridgehead atoms. The van der Waals surface area contributed by atoms with Crippen molar-refractivity contribution in [3.05, 3.63) is 63.1 Å². The van der Waals surface area contributed by atoms with E-state index in [9.17, 15) is 28.3 Å². The summed E-state index contributed by atoms with van der Waals surface area (Å²) in [5.74, 6) is -4.01. The molecular weight excluding hydrogens is 400 g/mol. The third kappa shape index (κ3) is 3.22. The number of aromatic nitrogens is 1. The van der Waals surface area contributed by atoms with Crippen molar-refractivity contribution in [2.75, 3.05) is 6.61 Å². The van der Waals surface area contributed by atoms with Gasteiger partial charge in [-0.15, -0.1) is 0 Å². The summed E-state index contributed by atoms with van der Waals surface area (Å²) in [5.41, 5.74) is -2.06. The van der Waals surface area contributed by atoms with E-state index in [1.54, 1.807) is 0 Å². The number of carbonyl (C=O) groups is 2. The van der Waals surface area contributed by atoms with E-state index in [4.69, 9.17) is 4.74 Å². The third-order valence-electron chi connectivity index (χ3n) is 5.41. The molecule has 1 aromatic heterocycles. The van der Waals surface area contributed by atoms with Gasteiger partial charge in [0.2, 0.25) is 5.43 Å². The molecule has 0 spiro atoms. The lowest BCUT2D eigenvalue weighted by Gasteiger charge is -2.44. The van der Waals surface area contributed by atoms with Crippen molar-refractivity contribution in [1.29, 1.82) is 0 Å². The highest BCUT2D eigenvalue weighted by atomic mass is 19.1. The fourth-order valence-corrected chi connectivity index (χ4v) is 3.79. The molecule has 2 atom stereocenters. The van der Waals surface area contributed by atoms with Crippen LogP contribution in [0.5, 0.6) is 5.75 Å². The van der Waals surface area contributed by atoms with Gasteiger partial charge in [-0.2, -0.15) is 0 Å². The van der Waals surface area contributed by atoms with Crippen molar-refractivity contribution < 1.29 is 28.2 Å². The standard InChI is InChI=1S/C20H19F2N3O5/c1-10-5-6-30-15-9-24-8-12(17(26)18(27)16(24)20(29)25(10)15)19(28)23-7-11-13(21)3-2-4-14(11)22/h2-4,8,10,15,27H,5-7,9H2,1H3,(H,23,28). The van der Waals surface area contributed by atoms with Gasteiger partial charge in [-0.1, -0.05) is 6.07 Å². The minimum atomic E-state index is -1.04. The van der Waals surface area contributed by atoms with E-state index in [0.717, 1.165) is 18.3 Å². The highest BCUT2D eigenvalue weighted by Gasteiger charge is 2.41. The lowest BCUT2D eigenvalue weighted by atomic mass is 10.1. The zero-order valence-electron chi connectivity index (χ0n) is 16.0. The molecule has 0 aliphatic carbocycles. The number of aromatic hydroxyl groups is 1. The average Bonchev–Trinajstić information content (AvgIpc) is 2.70. The van der Waals surface area contributed by atoms with Gasteiger partial charge in [0.15, 0.2) is 17.7 Å². The zero-order valence-corrected chi connectivity index (χ0v) is 16.0. The number of carbonyl (C=O) groups excluding carboxylic acids is 2. The molecule has 2 aromatic rings. The van der Waals surface area contributed by atoms with Gasteiger partial charge >= 0.3 is 0 Å². The summed E-state index contributed by atoms with van der Waals surface area (Å²) in [6.45, 7) is 1.94. The first-order valence-corrected chi connectivity index (χ1v) is 9.41. The second kappa shape index (κ2) is 7.52. The summed E-state index contributed by atoms with van der Waals surface area (Å²) in [6.07, 6.45) is 1.20. The molecule has 2 aliphatic heterocycles. The van der Waals surface area contributed by atoms with Gasteiger partial charge in [-0.3, -0.25) is 14.4 Å². The number of halogens is 2. The number of rotatable bonds is 3. The number of pyridine rings is 1. The normalized spacial score (nSPS) is 20.5. The van der Waals surface area contributed by atoms with E-state index < -0.39 is 53.0 Å². The van der Waals surface area contributed by atoms with E-state index >= 15 is 0 Å². The number of benzene rings is 1. The predicted octanol–water partition coefficient (Wildman–Crippen LogP) is 1.35. The second-order valence-electron chi connectivity index (χ2n) is 7.28. The first kappa shape index (κ1) is 20.0. The van der Waals surface area contributed by atoms with Crippen LogP contribution in [0, 0.1) is 11.6 Å². The van der Waals surface area contributed by atoms with Crippen molar-refractivity contribution in [3.63, 3.8) is 0 Å².